The normalized spacial score (nSPS) is 11.0. The van der Waals surface area contributed by atoms with Crippen molar-refractivity contribution in [1.29, 1.82) is 0 Å². The van der Waals surface area contributed by atoms with Crippen LogP contribution in [0.3, 0.4) is 0 Å². The Labute approximate surface area is 165 Å². The van der Waals surface area contributed by atoms with Crippen molar-refractivity contribution in [2.75, 3.05) is 0 Å². The van der Waals surface area contributed by atoms with E-state index in [9.17, 15) is 14.4 Å². The first-order valence-electron chi connectivity index (χ1n) is 8.97. The number of pyridine rings is 1. The summed E-state index contributed by atoms with van der Waals surface area (Å²) >= 11 is 0. The van der Waals surface area contributed by atoms with E-state index < -0.39 is 5.97 Å². The Kier molecular flexibility index (Phi) is 4.59. The smallest absolute Gasteiger partial charge is 0.338 e. The van der Waals surface area contributed by atoms with Gasteiger partial charge >= 0.3 is 11.7 Å². The number of fused-ring (bicyclic) bond motifs is 1. The van der Waals surface area contributed by atoms with Gasteiger partial charge in [-0.3, -0.25) is 13.8 Å². The van der Waals surface area contributed by atoms with E-state index in [1.807, 2.05) is 19.1 Å². The van der Waals surface area contributed by atoms with E-state index in [1.54, 1.807) is 43.5 Å². The van der Waals surface area contributed by atoms with E-state index in [1.165, 1.54) is 15.0 Å². The van der Waals surface area contributed by atoms with Crippen molar-refractivity contribution < 1.29 is 9.53 Å². The van der Waals surface area contributed by atoms with Gasteiger partial charge in [0.1, 0.15) is 12.3 Å². The number of H-pyrrole nitrogens is 1. The van der Waals surface area contributed by atoms with Crippen molar-refractivity contribution >= 4 is 11.6 Å². The van der Waals surface area contributed by atoms with Gasteiger partial charge in [0, 0.05) is 23.7 Å². The standard InChI is InChI=1S/C21H18N4O4/c1-13-4-3-5-18-23-16(10-19(26)25(13)18)12-29-20(27)15-6-8-17(9-7-15)24-14(2)11-22-21(24)28/h3-11H,12H2,1-2H3,(H,22,28). The third-order valence-corrected chi connectivity index (χ3v) is 4.61. The lowest BCUT2D eigenvalue weighted by Crippen LogP contribution is -2.18. The Bertz CT molecular complexity index is 1330. The van der Waals surface area contributed by atoms with E-state index >= 15 is 0 Å². The molecule has 1 aromatic carbocycles. The van der Waals surface area contributed by atoms with Crippen LogP contribution in [0.15, 0.2) is 64.3 Å². The molecule has 29 heavy (non-hydrogen) atoms. The molecule has 0 unspecified atom stereocenters. The summed E-state index contributed by atoms with van der Waals surface area (Å²) in [5.74, 6) is -0.541. The van der Waals surface area contributed by atoms with Crippen molar-refractivity contribution in [1.82, 2.24) is 18.9 Å². The summed E-state index contributed by atoms with van der Waals surface area (Å²) in [5.41, 5.74) is 2.92. The number of esters is 1. The van der Waals surface area contributed by atoms with Crippen LogP contribution < -0.4 is 11.2 Å². The summed E-state index contributed by atoms with van der Waals surface area (Å²) in [5, 5.41) is 0. The molecule has 3 heterocycles. The first-order valence-corrected chi connectivity index (χ1v) is 8.97. The molecule has 0 fully saturated rings. The number of aryl methyl sites for hydroxylation is 2. The quantitative estimate of drug-likeness (QED) is 0.539. The van der Waals surface area contributed by atoms with Crippen molar-refractivity contribution in [2.45, 2.75) is 20.5 Å². The molecule has 0 radical (unpaired) electrons. The predicted molar refractivity (Wildman–Crippen MR) is 106 cm³/mol. The van der Waals surface area contributed by atoms with Crippen LogP contribution in [-0.4, -0.2) is 24.9 Å². The highest BCUT2D eigenvalue weighted by atomic mass is 16.5. The average Bonchev–Trinajstić information content (AvgIpc) is 3.04. The Hall–Kier alpha value is -3.94. The number of benzene rings is 1. The Morgan fingerprint density at radius 3 is 2.52 bits per heavy atom. The summed E-state index contributed by atoms with van der Waals surface area (Å²) in [6.45, 7) is 3.51. The molecule has 0 spiro atoms. The Morgan fingerprint density at radius 1 is 1.07 bits per heavy atom. The second kappa shape index (κ2) is 7.23. The maximum Gasteiger partial charge on any atom is 0.338 e. The molecule has 8 nitrogen and oxygen atoms in total. The minimum Gasteiger partial charge on any atom is -0.456 e. The maximum absolute atomic E-state index is 12.3. The number of hydrogen-bond donors (Lipinski definition) is 1. The molecular formula is C21H18N4O4. The summed E-state index contributed by atoms with van der Waals surface area (Å²) < 4.78 is 8.30. The molecular weight excluding hydrogens is 372 g/mol. The molecule has 0 atom stereocenters. The molecule has 0 aliphatic carbocycles. The van der Waals surface area contributed by atoms with Crippen LogP contribution in [0.1, 0.15) is 27.4 Å². The van der Waals surface area contributed by atoms with Crippen LogP contribution in [0.4, 0.5) is 0 Å². The summed E-state index contributed by atoms with van der Waals surface area (Å²) in [4.78, 5) is 43.5. The number of aromatic amines is 1. The van der Waals surface area contributed by atoms with E-state index in [0.717, 1.165) is 11.4 Å². The fraction of sp³-hybridized carbons (Fsp3) is 0.143. The zero-order valence-corrected chi connectivity index (χ0v) is 15.9. The number of rotatable bonds is 4. The molecule has 1 N–H and O–H groups in total. The third-order valence-electron chi connectivity index (χ3n) is 4.61. The highest BCUT2D eigenvalue weighted by Gasteiger charge is 2.11. The van der Waals surface area contributed by atoms with E-state index in [-0.39, 0.29) is 17.9 Å². The number of hydrogen-bond acceptors (Lipinski definition) is 5. The summed E-state index contributed by atoms with van der Waals surface area (Å²) in [6.07, 6.45) is 1.62. The zero-order chi connectivity index (χ0) is 20.5. The number of carbonyl (C=O) groups is 1. The number of imidazole rings is 1. The minimum atomic E-state index is -0.541. The van der Waals surface area contributed by atoms with Gasteiger partial charge in [0.15, 0.2) is 0 Å². The molecule has 0 aliphatic rings. The SMILES string of the molecule is Cc1c[nH]c(=O)n1-c1ccc(C(=O)OCc2cc(=O)n3c(C)cccc3n2)cc1. The fourth-order valence-corrected chi connectivity index (χ4v) is 3.18. The van der Waals surface area contributed by atoms with Gasteiger partial charge in [-0.15, -0.1) is 0 Å². The van der Waals surface area contributed by atoms with Gasteiger partial charge in [-0.05, 0) is 50.2 Å². The van der Waals surface area contributed by atoms with Crippen LogP contribution >= 0.6 is 0 Å². The Morgan fingerprint density at radius 2 is 1.83 bits per heavy atom. The molecule has 4 rings (SSSR count). The second-order valence-electron chi connectivity index (χ2n) is 6.64. The molecule has 0 aliphatic heterocycles. The van der Waals surface area contributed by atoms with Crippen molar-refractivity contribution in [3.63, 3.8) is 0 Å². The van der Waals surface area contributed by atoms with Gasteiger partial charge in [-0.1, -0.05) is 6.07 Å². The van der Waals surface area contributed by atoms with Crippen molar-refractivity contribution in [3.8, 4) is 5.69 Å². The Balaban J connectivity index is 1.51. The molecule has 3 aromatic heterocycles. The summed E-state index contributed by atoms with van der Waals surface area (Å²) in [7, 11) is 0. The summed E-state index contributed by atoms with van der Waals surface area (Å²) in [6, 6.07) is 13.2. The number of nitrogens with one attached hydrogen (secondary N) is 1. The van der Waals surface area contributed by atoms with Crippen LogP contribution in [0.25, 0.3) is 11.3 Å². The van der Waals surface area contributed by atoms with Crippen LogP contribution in [0.5, 0.6) is 0 Å². The minimum absolute atomic E-state index is 0.114. The highest BCUT2D eigenvalue weighted by molar-refractivity contribution is 5.89. The monoisotopic (exact) mass is 390 g/mol. The second-order valence-corrected chi connectivity index (χ2v) is 6.64. The molecule has 0 saturated carbocycles. The average molecular weight is 390 g/mol. The first kappa shape index (κ1) is 18.4. The lowest BCUT2D eigenvalue weighted by Gasteiger charge is -2.08. The van der Waals surface area contributed by atoms with Gasteiger partial charge in [0.25, 0.3) is 5.56 Å². The number of carbonyl (C=O) groups excluding carboxylic acids is 1. The molecule has 146 valence electrons. The predicted octanol–water partition coefficient (Wildman–Crippen LogP) is 2.15. The molecule has 0 saturated heterocycles. The topological polar surface area (TPSA) is 98.5 Å². The van der Waals surface area contributed by atoms with Crippen LogP contribution in [0, 0.1) is 13.8 Å². The molecule has 8 heteroatoms. The van der Waals surface area contributed by atoms with E-state index in [4.69, 9.17) is 4.74 Å². The van der Waals surface area contributed by atoms with Gasteiger partial charge in [0.2, 0.25) is 0 Å². The molecule has 0 amide bonds. The maximum atomic E-state index is 12.3. The van der Waals surface area contributed by atoms with E-state index in [2.05, 4.69) is 9.97 Å². The largest absolute Gasteiger partial charge is 0.456 e. The molecule has 4 aromatic rings. The van der Waals surface area contributed by atoms with Gasteiger partial charge in [-0.25, -0.2) is 14.6 Å². The van der Waals surface area contributed by atoms with Gasteiger partial charge < -0.3 is 9.72 Å². The lowest BCUT2D eigenvalue weighted by atomic mass is 10.2. The van der Waals surface area contributed by atoms with Crippen LogP contribution in [0.2, 0.25) is 0 Å². The number of nitrogens with zero attached hydrogens (tertiary/aromatic N) is 3. The molecule has 0 bridgehead atoms. The first-order chi connectivity index (χ1) is 13.9. The third kappa shape index (κ3) is 3.47. The fourth-order valence-electron chi connectivity index (χ4n) is 3.18. The number of aromatic nitrogens is 4. The van der Waals surface area contributed by atoms with Gasteiger partial charge in [0.05, 0.1) is 16.9 Å². The van der Waals surface area contributed by atoms with Gasteiger partial charge in [-0.2, -0.15) is 0 Å². The van der Waals surface area contributed by atoms with Crippen molar-refractivity contribution in [2.24, 2.45) is 0 Å². The highest BCUT2D eigenvalue weighted by Crippen LogP contribution is 2.12. The zero-order valence-electron chi connectivity index (χ0n) is 15.9. The van der Waals surface area contributed by atoms with Crippen molar-refractivity contribution in [3.05, 3.63) is 98.2 Å². The van der Waals surface area contributed by atoms with E-state index in [0.29, 0.717) is 22.6 Å². The van der Waals surface area contributed by atoms with Crippen LogP contribution in [-0.2, 0) is 11.3 Å². The lowest BCUT2D eigenvalue weighted by molar-refractivity contribution is 0.0467. The number of ether oxygens (including phenoxy) is 1.